The lowest BCUT2D eigenvalue weighted by Crippen LogP contribution is -2.10. The number of nitrogens with zero attached hydrogens (tertiary/aromatic N) is 5. The Hall–Kier alpha value is -6.50. The minimum atomic E-state index is 0.0365. The van der Waals surface area contributed by atoms with E-state index in [1.165, 1.54) is 47.6 Å². The van der Waals surface area contributed by atoms with Crippen LogP contribution < -0.4 is 0 Å². The minimum Gasteiger partial charge on any atom is -0.308 e. The largest absolute Gasteiger partial charge is 0.308 e. The van der Waals surface area contributed by atoms with Crippen molar-refractivity contribution in [1.82, 2.24) is 24.5 Å². The molecule has 0 aliphatic carbocycles. The molecule has 0 fully saturated rings. The zero-order valence-electron chi connectivity index (χ0n) is 30.2. The van der Waals surface area contributed by atoms with E-state index in [1.54, 1.807) is 0 Å². The van der Waals surface area contributed by atoms with Crippen molar-refractivity contribution in [1.29, 1.82) is 0 Å². The summed E-state index contributed by atoms with van der Waals surface area (Å²) in [5.74, 6) is 1.80. The smallest absolute Gasteiger partial charge is 0.167 e. The van der Waals surface area contributed by atoms with Gasteiger partial charge >= 0.3 is 0 Å². The molecule has 0 spiro atoms. The van der Waals surface area contributed by atoms with E-state index >= 15 is 0 Å². The molecule has 54 heavy (non-hydrogen) atoms. The van der Waals surface area contributed by atoms with Gasteiger partial charge in [0.2, 0.25) is 0 Å². The van der Waals surface area contributed by atoms with E-state index in [0.717, 1.165) is 33.4 Å². The highest BCUT2D eigenvalue weighted by Crippen LogP contribution is 2.42. The number of hydrogen-bond donors (Lipinski definition) is 0. The first-order chi connectivity index (χ1) is 26.4. The molecular formula is C48H35N5S. The van der Waals surface area contributed by atoms with Crippen molar-refractivity contribution >= 4 is 53.3 Å². The highest BCUT2D eigenvalue weighted by molar-refractivity contribution is 7.25. The second-order valence-electron chi connectivity index (χ2n) is 14.8. The predicted molar refractivity (Wildman–Crippen MR) is 225 cm³/mol. The van der Waals surface area contributed by atoms with Crippen LogP contribution in [-0.2, 0) is 5.41 Å². The Bertz CT molecular complexity index is 3020. The molecule has 10 rings (SSSR count). The second kappa shape index (κ2) is 12.6. The van der Waals surface area contributed by atoms with Gasteiger partial charge in [0.25, 0.3) is 0 Å². The predicted octanol–water partition coefficient (Wildman–Crippen LogP) is 12.7. The summed E-state index contributed by atoms with van der Waals surface area (Å²) in [6.45, 7) is 6.67. The van der Waals surface area contributed by atoms with Gasteiger partial charge in [-0.25, -0.2) is 15.0 Å². The first kappa shape index (κ1) is 32.2. The lowest BCUT2D eigenvalue weighted by atomic mass is 9.87. The van der Waals surface area contributed by atoms with E-state index < -0.39 is 0 Å². The Morgan fingerprint density at radius 3 is 1.94 bits per heavy atom. The lowest BCUT2D eigenvalue weighted by Gasteiger charge is -2.19. The second-order valence-corrected chi connectivity index (χ2v) is 15.8. The van der Waals surface area contributed by atoms with Crippen molar-refractivity contribution in [3.8, 4) is 51.0 Å². The summed E-state index contributed by atoms with van der Waals surface area (Å²) >= 11 is 1.85. The first-order valence-corrected chi connectivity index (χ1v) is 19.0. The molecule has 0 radical (unpaired) electrons. The number of thiophene rings is 1. The molecule has 258 valence electrons. The molecule has 10 aromatic rings. The summed E-state index contributed by atoms with van der Waals surface area (Å²) in [7, 11) is 0. The van der Waals surface area contributed by atoms with Crippen molar-refractivity contribution in [2.45, 2.75) is 26.2 Å². The highest BCUT2D eigenvalue weighted by Gasteiger charge is 2.21. The van der Waals surface area contributed by atoms with Crippen LogP contribution in [0.25, 0.3) is 93.0 Å². The van der Waals surface area contributed by atoms with E-state index in [4.69, 9.17) is 15.0 Å². The lowest BCUT2D eigenvalue weighted by molar-refractivity contribution is 0.590. The number of hydrogen-bond acceptors (Lipinski definition) is 5. The van der Waals surface area contributed by atoms with Crippen LogP contribution in [0, 0.1) is 0 Å². The standard InChI is InChI=1S/C48H35N5S/c1-48(2,3)33-23-20-31(21-24-33)46-50-45(30-12-5-4-6-13-30)51-47(52-46)38-29-49-27-26-40(38)53-39-17-9-7-14-35(39)36-25-22-32(28-41(36)53)34-16-11-19-43-44(34)37-15-8-10-18-42(37)54-43/h4-29H,1-3H3. The van der Waals surface area contributed by atoms with Gasteiger partial charge in [-0.3, -0.25) is 4.98 Å². The number of aromatic nitrogens is 5. The Morgan fingerprint density at radius 1 is 0.500 bits per heavy atom. The number of benzene rings is 6. The minimum absolute atomic E-state index is 0.0365. The van der Waals surface area contributed by atoms with Gasteiger partial charge in [-0.05, 0) is 52.4 Å². The van der Waals surface area contributed by atoms with Crippen LogP contribution >= 0.6 is 11.3 Å². The zero-order chi connectivity index (χ0) is 36.4. The summed E-state index contributed by atoms with van der Waals surface area (Å²) in [6.07, 6.45) is 3.74. The van der Waals surface area contributed by atoms with Crippen molar-refractivity contribution in [3.05, 3.63) is 164 Å². The van der Waals surface area contributed by atoms with E-state index in [2.05, 4.69) is 146 Å². The molecule has 4 aromatic heterocycles. The van der Waals surface area contributed by atoms with E-state index in [0.29, 0.717) is 17.5 Å². The first-order valence-electron chi connectivity index (χ1n) is 18.2. The summed E-state index contributed by atoms with van der Waals surface area (Å²) < 4.78 is 4.94. The van der Waals surface area contributed by atoms with Gasteiger partial charge in [0, 0.05) is 54.5 Å². The summed E-state index contributed by atoms with van der Waals surface area (Å²) in [5.41, 5.74) is 9.54. The summed E-state index contributed by atoms with van der Waals surface area (Å²) in [5, 5.41) is 4.95. The monoisotopic (exact) mass is 713 g/mol. The van der Waals surface area contributed by atoms with Crippen molar-refractivity contribution < 1.29 is 0 Å². The number of rotatable bonds is 5. The Kier molecular flexibility index (Phi) is 7.49. The molecule has 6 aromatic carbocycles. The maximum atomic E-state index is 5.17. The zero-order valence-corrected chi connectivity index (χ0v) is 31.0. The van der Waals surface area contributed by atoms with Crippen LogP contribution in [0.4, 0.5) is 0 Å². The Labute approximate surface area is 317 Å². The molecule has 6 heteroatoms. The molecule has 0 atom stereocenters. The van der Waals surface area contributed by atoms with E-state index in [9.17, 15) is 0 Å². The maximum absolute atomic E-state index is 5.17. The average molecular weight is 714 g/mol. The van der Waals surface area contributed by atoms with Crippen LogP contribution in [0.3, 0.4) is 0 Å². The van der Waals surface area contributed by atoms with Gasteiger partial charge in [-0.2, -0.15) is 0 Å². The quantitative estimate of drug-likeness (QED) is 0.178. The molecule has 0 unspecified atom stereocenters. The van der Waals surface area contributed by atoms with Crippen molar-refractivity contribution in [2.75, 3.05) is 0 Å². The third-order valence-electron chi connectivity index (χ3n) is 10.3. The number of para-hydroxylation sites is 1. The fourth-order valence-corrected chi connectivity index (χ4v) is 8.76. The summed E-state index contributed by atoms with van der Waals surface area (Å²) in [4.78, 5) is 20.0. The molecule has 0 saturated carbocycles. The highest BCUT2D eigenvalue weighted by atomic mass is 32.1. The van der Waals surface area contributed by atoms with Crippen LogP contribution in [0.5, 0.6) is 0 Å². The fraction of sp³-hybridized carbons (Fsp3) is 0.0833. The number of pyridine rings is 1. The van der Waals surface area contributed by atoms with Gasteiger partial charge in [-0.1, -0.05) is 136 Å². The van der Waals surface area contributed by atoms with Crippen LogP contribution in [0.15, 0.2) is 158 Å². The van der Waals surface area contributed by atoms with Gasteiger partial charge in [0.05, 0.1) is 22.3 Å². The van der Waals surface area contributed by atoms with E-state index in [1.807, 2.05) is 54.1 Å². The molecule has 0 aliphatic rings. The summed E-state index contributed by atoms with van der Waals surface area (Å²) in [6, 6.07) is 51.6. The molecule has 0 aliphatic heterocycles. The maximum Gasteiger partial charge on any atom is 0.167 e. The molecule has 0 saturated heterocycles. The van der Waals surface area contributed by atoms with E-state index in [-0.39, 0.29) is 5.41 Å². The van der Waals surface area contributed by atoms with Gasteiger partial charge in [-0.15, -0.1) is 11.3 Å². The van der Waals surface area contributed by atoms with Crippen LogP contribution in [0.1, 0.15) is 26.3 Å². The Balaban J connectivity index is 1.20. The third-order valence-corrected chi connectivity index (χ3v) is 11.5. The molecule has 0 amide bonds. The molecule has 5 nitrogen and oxygen atoms in total. The third kappa shape index (κ3) is 5.37. The fourth-order valence-electron chi connectivity index (χ4n) is 7.63. The van der Waals surface area contributed by atoms with Crippen molar-refractivity contribution in [3.63, 3.8) is 0 Å². The topological polar surface area (TPSA) is 56.5 Å². The van der Waals surface area contributed by atoms with Gasteiger partial charge in [0.1, 0.15) is 0 Å². The molecule has 4 heterocycles. The number of fused-ring (bicyclic) bond motifs is 6. The van der Waals surface area contributed by atoms with Gasteiger partial charge in [0.15, 0.2) is 17.5 Å². The van der Waals surface area contributed by atoms with Crippen LogP contribution in [0.2, 0.25) is 0 Å². The van der Waals surface area contributed by atoms with Crippen molar-refractivity contribution in [2.24, 2.45) is 0 Å². The molecule has 0 bridgehead atoms. The molecule has 0 N–H and O–H groups in total. The molecular weight excluding hydrogens is 679 g/mol. The average Bonchev–Trinajstić information content (AvgIpc) is 3.76. The SMILES string of the molecule is CC(C)(C)c1ccc(-c2nc(-c3ccccc3)nc(-c3cnccc3-n3c4ccccc4c4ccc(-c5cccc6sc7ccccc7c56)cc43)n2)cc1. The Morgan fingerprint density at radius 2 is 1.15 bits per heavy atom. The van der Waals surface area contributed by atoms with Crippen LogP contribution in [-0.4, -0.2) is 24.5 Å². The van der Waals surface area contributed by atoms with Gasteiger partial charge < -0.3 is 4.57 Å². The normalized spacial score (nSPS) is 12.0.